The van der Waals surface area contributed by atoms with E-state index in [4.69, 9.17) is 9.84 Å². The van der Waals surface area contributed by atoms with Gasteiger partial charge in [-0.15, -0.1) is 0 Å². The second-order valence-electron chi connectivity index (χ2n) is 8.62. The van der Waals surface area contributed by atoms with Crippen LogP contribution in [-0.2, 0) is 11.2 Å². The lowest BCUT2D eigenvalue weighted by molar-refractivity contribution is -0.129. The number of benzene rings is 2. The summed E-state index contributed by atoms with van der Waals surface area (Å²) >= 11 is 0. The van der Waals surface area contributed by atoms with E-state index in [2.05, 4.69) is 16.9 Å². The molecule has 36 heavy (non-hydrogen) atoms. The predicted octanol–water partition coefficient (Wildman–Crippen LogP) is 5.06. The topological polar surface area (TPSA) is 73.1 Å². The molecular weight excluding hydrogens is 457 g/mol. The van der Waals surface area contributed by atoms with E-state index in [0.29, 0.717) is 18.2 Å². The van der Waals surface area contributed by atoms with E-state index in [-0.39, 0.29) is 24.1 Å². The van der Waals surface area contributed by atoms with Crippen LogP contribution in [0.2, 0.25) is 0 Å². The van der Waals surface area contributed by atoms with E-state index in [1.165, 1.54) is 12.1 Å². The first-order valence-electron chi connectivity index (χ1n) is 12.0. The Morgan fingerprint density at radius 1 is 1.08 bits per heavy atom. The Balaban J connectivity index is 1.54. The number of hydrogen-bond donors (Lipinski definition) is 0. The van der Waals surface area contributed by atoms with Crippen LogP contribution in [0, 0.1) is 5.82 Å². The second-order valence-corrected chi connectivity index (χ2v) is 8.62. The molecule has 2 aromatic heterocycles. The molecule has 2 aromatic carbocycles. The lowest BCUT2D eigenvalue weighted by Crippen LogP contribution is -2.30. The molecule has 0 radical (unpaired) electrons. The maximum absolute atomic E-state index is 13.5. The van der Waals surface area contributed by atoms with Crippen LogP contribution in [0.15, 0.2) is 73.1 Å². The number of carbonyl (C=O) groups excluding carboxylic acids is 1. The van der Waals surface area contributed by atoms with E-state index in [0.717, 1.165) is 35.4 Å². The zero-order valence-electron chi connectivity index (χ0n) is 20.8. The van der Waals surface area contributed by atoms with Crippen LogP contribution in [-0.4, -0.2) is 51.3 Å². The van der Waals surface area contributed by atoms with Gasteiger partial charge < -0.3 is 9.64 Å². The van der Waals surface area contributed by atoms with Crippen molar-refractivity contribution in [1.29, 1.82) is 0 Å². The molecule has 1 unspecified atom stereocenters. The molecule has 0 aliphatic carbocycles. The third kappa shape index (κ3) is 5.76. The van der Waals surface area contributed by atoms with Crippen LogP contribution in [0.3, 0.4) is 0 Å². The van der Waals surface area contributed by atoms with Gasteiger partial charge in [0.05, 0.1) is 24.9 Å². The van der Waals surface area contributed by atoms with Gasteiger partial charge in [-0.3, -0.25) is 4.79 Å². The van der Waals surface area contributed by atoms with Crippen LogP contribution < -0.4 is 4.74 Å². The summed E-state index contributed by atoms with van der Waals surface area (Å²) in [7, 11) is 3.44. The van der Waals surface area contributed by atoms with Crippen molar-refractivity contribution in [2.75, 3.05) is 20.7 Å². The molecule has 0 saturated carbocycles. The Labute approximate surface area is 210 Å². The summed E-state index contributed by atoms with van der Waals surface area (Å²) in [5.74, 6) is 1.03. The number of para-hydroxylation sites is 1. The van der Waals surface area contributed by atoms with Crippen molar-refractivity contribution in [2.45, 2.75) is 32.1 Å². The van der Waals surface area contributed by atoms with Crippen LogP contribution in [0.5, 0.6) is 5.75 Å². The Hall–Kier alpha value is -4.07. The maximum Gasteiger partial charge on any atom is 0.250 e. The standard InChI is InChI=1S/C28H30FN5O2/c1-4-20(14-17-33(2)27(35)18-22-8-5-6-9-26(22)36-3)25-19-24(21-10-12-23(29)13-11-21)32-34(25)28-30-15-7-16-31-28/h5-13,15-16,19-20H,4,14,17-18H2,1-3H3. The van der Waals surface area contributed by atoms with Crippen LogP contribution in [0.4, 0.5) is 4.39 Å². The molecule has 2 heterocycles. The Morgan fingerprint density at radius 2 is 1.81 bits per heavy atom. The summed E-state index contributed by atoms with van der Waals surface area (Å²) < 4.78 is 20.6. The fourth-order valence-electron chi connectivity index (χ4n) is 4.19. The molecule has 0 aliphatic rings. The van der Waals surface area contributed by atoms with Gasteiger partial charge >= 0.3 is 0 Å². The number of amides is 1. The van der Waals surface area contributed by atoms with Gasteiger partial charge in [-0.25, -0.2) is 19.0 Å². The Bertz CT molecular complexity index is 1290. The molecule has 4 aromatic rings. The average molecular weight is 488 g/mol. The van der Waals surface area contributed by atoms with Crippen molar-refractivity contribution in [3.8, 4) is 23.0 Å². The SMILES string of the molecule is CCC(CCN(C)C(=O)Cc1ccccc1OC)c1cc(-c2ccc(F)cc2)nn1-c1ncccn1. The van der Waals surface area contributed by atoms with Crippen molar-refractivity contribution in [2.24, 2.45) is 0 Å². The van der Waals surface area contributed by atoms with Crippen LogP contribution in [0.25, 0.3) is 17.2 Å². The van der Waals surface area contributed by atoms with E-state index in [1.807, 2.05) is 37.4 Å². The van der Waals surface area contributed by atoms with Gasteiger partial charge in [0.2, 0.25) is 5.91 Å². The zero-order valence-corrected chi connectivity index (χ0v) is 20.8. The molecule has 0 bridgehead atoms. The van der Waals surface area contributed by atoms with Crippen molar-refractivity contribution in [3.63, 3.8) is 0 Å². The van der Waals surface area contributed by atoms with Gasteiger partial charge in [0.15, 0.2) is 0 Å². The van der Waals surface area contributed by atoms with Gasteiger partial charge in [-0.2, -0.15) is 5.10 Å². The van der Waals surface area contributed by atoms with Gasteiger partial charge in [0.25, 0.3) is 5.95 Å². The minimum atomic E-state index is -0.294. The smallest absolute Gasteiger partial charge is 0.250 e. The van der Waals surface area contributed by atoms with Crippen molar-refractivity contribution < 1.29 is 13.9 Å². The van der Waals surface area contributed by atoms with E-state index < -0.39 is 0 Å². The number of hydrogen-bond acceptors (Lipinski definition) is 5. The third-order valence-corrected chi connectivity index (χ3v) is 6.30. The monoisotopic (exact) mass is 487 g/mol. The lowest BCUT2D eigenvalue weighted by Gasteiger charge is -2.22. The number of methoxy groups -OCH3 is 1. The number of halogens is 1. The molecule has 0 N–H and O–H groups in total. The summed E-state index contributed by atoms with van der Waals surface area (Å²) in [6.45, 7) is 2.70. The number of carbonyl (C=O) groups is 1. The quantitative estimate of drug-likeness (QED) is 0.313. The first-order valence-corrected chi connectivity index (χ1v) is 12.0. The lowest BCUT2D eigenvalue weighted by atomic mass is 9.97. The van der Waals surface area contributed by atoms with E-state index >= 15 is 0 Å². The largest absolute Gasteiger partial charge is 0.496 e. The number of rotatable bonds is 10. The highest BCUT2D eigenvalue weighted by Gasteiger charge is 2.22. The highest BCUT2D eigenvalue weighted by Crippen LogP contribution is 2.30. The summed E-state index contributed by atoms with van der Waals surface area (Å²) in [5.41, 5.74) is 3.35. The number of likely N-dealkylation sites (N-methyl/N-ethyl adjacent to an activating group) is 1. The summed E-state index contributed by atoms with van der Waals surface area (Å²) in [5, 5.41) is 4.76. The van der Waals surface area contributed by atoms with Gasteiger partial charge in [-0.1, -0.05) is 25.1 Å². The number of nitrogens with zero attached hydrogens (tertiary/aromatic N) is 5. The Kier molecular flexibility index (Phi) is 8.05. The third-order valence-electron chi connectivity index (χ3n) is 6.30. The molecule has 7 nitrogen and oxygen atoms in total. The van der Waals surface area contributed by atoms with Crippen LogP contribution in [0.1, 0.15) is 36.9 Å². The second kappa shape index (κ2) is 11.6. The van der Waals surface area contributed by atoms with Crippen molar-refractivity contribution >= 4 is 5.91 Å². The van der Waals surface area contributed by atoms with Crippen molar-refractivity contribution in [1.82, 2.24) is 24.6 Å². The molecule has 186 valence electrons. The first kappa shape index (κ1) is 25.0. The van der Waals surface area contributed by atoms with Gasteiger partial charge in [0.1, 0.15) is 11.6 Å². The molecular formula is C28H30FN5O2. The van der Waals surface area contributed by atoms with E-state index in [9.17, 15) is 9.18 Å². The molecule has 8 heteroatoms. The van der Waals surface area contributed by atoms with Crippen molar-refractivity contribution in [3.05, 3.63) is 90.1 Å². The number of aromatic nitrogens is 4. The van der Waals surface area contributed by atoms with Gasteiger partial charge in [-0.05, 0) is 55.3 Å². The highest BCUT2D eigenvalue weighted by atomic mass is 19.1. The molecule has 0 fully saturated rings. The average Bonchev–Trinajstić information content (AvgIpc) is 3.35. The minimum Gasteiger partial charge on any atom is -0.496 e. The molecule has 0 spiro atoms. The fraction of sp³-hybridized carbons (Fsp3) is 0.286. The zero-order chi connectivity index (χ0) is 25.5. The maximum atomic E-state index is 13.5. The van der Waals surface area contributed by atoms with E-state index in [1.54, 1.807) is 47.3 Å². The molecule has 4 rings (SSSR count). The molecule has 0 saturated heterocycles. The van der Waals surface area contributed by atoms with Gasteiger partial charge in [0, 0.05) is 43.0 Å². The molecule has 0 aliphatic heterocycles. The molecule has 1 amide bonds. The summed E-state index contributed by atoms with van der Waals surface area (Å²) in [6, 6.07) is 17.6. The predicted molar refractivity (Wildman–Crippen MR) is 137 cm³/mol. The molecule has 1 atom stereocenters. The fourth-order valence-corrected chi connectivity index (χ4v) is 4.19. The Morgan fingerprint density at radius 3 is 2.50 bits per heavy atom. The minimum absolute atomic E-state index is 0.0289. The highest BCUT2D eigenvalue weighted by molar-refractivity contribution is 5.79. The first-order chi connectivity index (χ1) is 17.5. The summed E-state index contributed by atoms with van der Waals surface area (Å²) in [6.07, 6.45) is 5.22. The summed E-state index contributed by atoms with van der Waals surface area (Å²) in [4.78, 5) is 23.5. The number of ether oxygens (including phenoxy) is 1. The van der Waals surface area contributed by atoms with Crippen LogP contribution >= 0.6 is 0 Å². The normalized spacial score (nSPS) is 11.8.